The van der Waals surface area contributed by atoms with Gasteiger partial charge in [0.1, 0.15) is 0 Å². The molecule has 3 heteroatoms. The maximum absolute atomic E-state index is 6.27. The van der Waals surface area contributed by atoms with Crippen LogP contribution in [0.25, 0.3) is 0 Å². The van der Waals surface area contributed by atoms with E-state index in [1.54, 1.807) is 0 Å². The zero-order chi connectivity index (χ0) is 11.5. The van der Waals surface area contributed by atoms with E-state index in [9.17, 15) is 0 Å². The van der Waals surface area contributed by atoms with Gasteiger partial charge in [0.05, 0.1) is 5.70 Å². The molecule has 86 valence electrons. The first-order valence-corrected chi connectivity index (χ1v) is 6.11. The molecule has 0 saturated carbocycles. The Hall–Kier alpha value is -1.02. The lowest BCUT2D eigenvalue weighted by Crippen LogP contribution is -2.30. The second kappa shape index (κ2) is 4.88. The molecule has 0 spiro atoms. The second-order valence-electron chi connectivity index (χ2n) is 4.35. The third-order valence-electron chi connectivity index (χ3n) is 3.06. The summed E-state index contributed by atoms with van der Waals surface area (Å²) in [5.74, 6) is 0. The van der Waals surface area contributed by atoms with E-state index >= 15 is 0 Å². The Bertz CT molecular complexity index is 391. The van der Waals surface area contributed by atoms with Crippen LogP contribution in [0.4, 0.5) is 0 Å². The van der Waals surface area contributed by atoms with Gasteiger partial charge in [0.15, 0.2) is 5.17 Å². The van der Waals surface area contributed by atoms with Crippen molar-refractivity contribution in [3.05, 3.63) is 35.8 Å². The molecular weight excluding hydrogens is 220 g/mol. The van der Waals surface area contributed by atoms with Crippen molar-refractivity contribution in [3.63, 3.8) is 0 Å². The number of halogens is 1. The smallest absolute Gasteiger partial charge is 0.152 e. The van der Waals surface area contributed by atoms with Gasteiger partial charge in [0.2, 0.25) is 0 Å². The highest BCUT2D eigenvalue weighted by Crippen LogP contribution is 2.27. The molecule has 0 saturated heterocycles. The second-order valence-corrected chi connectivity index (χ2v) is 4.71. The molecule has 16 heavy (non-hydrogen) atoms. The van der Waals surface area contributed by atoms with E-state index in [2.05, 4.69) is 42.1 Å². The van der Waals surface area contributed by atoms with Gasteiger partial charge in [-0.25, -0.2) is 4.99 Å². The van der Waals surface area contributed by atoms with Crippen molar-refractivity contribution in [3.8, 4) is 0 Å². The van der Waals surface area contributed by atoms with Gasteiger partial charge in [0.25, 0.3) is 0 Å². The molecule has 1 unspecified atom stereocenters. The van der Waals surface area contributed by atoms with Gasteiger partial charge in [-0.1, -0.05) is 23.8 Å². The molecule has 2 nitrogen and oxygen atoms in total. The van der Waals surface area contributed by atoms with Crippen LogP contribution in [0.15, 0.2) is 40.8 Å². The molecule has 0 aromatic rings. The standard InChI is InChI=1S/C13H17ClN2/c1-10-6-3-4-9-16-11(2)7-5-8-15-13(14)12(10)16/h4-5,8-9,11H,3,6-7H2,1-2H3/b8-5+,15-13+. The van der Waals surface area contributed by atoms with E-state index in [-0.39, 0.29) is 0 Å². The van der Waals surface area contributed by atoms with Crippen LogP contribution < -0.4 is 0 Å². The van der Waals surface area contributed by atoms with Gasteiger partial charge in [-0.2, -0.15) is 0 Å². The number of hydrogen-bond acceptors (Lipinski definition) is 2. The van der Waals surface area contributed by atoms with Crippen LogP contribution in [0, 0.1) is 0 Å². The monoisotopic (exact) mass is 236 g/mol. The highest BCUT2D eigenvalue weighted by atomic mass is 35.5. The highest BCUT2D eigenvalue weighted by molar-refractivity contribution is 6.69. The summed E-state index contributed by atoms with van der Waals surface area (Å²) in [6.45, 7) is 4.36. The van der Waals surface area contributed by atoms with Crippen molar-refractivity contribution >= 4 is 16.8 Å². The van der Waals surface area contributed by atoms with E-state index in [1.165, 1.54) is 5.57 Å². The first-order valence-electron chi connectivity index (χ1n) is 5.73. The van der Waals surface area contributed by atoms with Crippen molar-refractivity contribution in [2.24, 2.45) is 4.99 Å². The predicted octanol–water partition coefficient (Wildman–Crippen LogP) is 3.81. The number of fused-ring (bicyclic) bond motifs is 1. The van der Waals surface area contributed by atoms with Gasteiger partial charge in [0, 0.05) is 18.4 Å². The van der Waals surface area contributed by atoms with Crippen LogP contribution >= 0.6 is 11.6 Å². The highest BCUT2D eigenvalue weighted by Gasteiger charge is 2.21. The van der Waals surface area contributed by atoms with Gasteiger partial charge in [-0.05, 0) is 38.7 Å². The summed E-state index contributed by atoms with van der Waals surface area (Å²) in [7, 11) is 0. The summed E-state index contributed by atoms with van der Waals surface area (Å²) in [5.41, 5.74) is 2.41. The third-order valence-corrected chi connectivity index (χ3v) is 3.33. The zero-order valence-electron chi connectivity index (χ0n) is 9.78. The molecule has 2 heterocycles. The van der Waals surface area contributed by atoms with Crippen molar-refractivity contribution < 1.29 is 0 Å². The summed E-state index contributed by atoms with van der Waals surface area (Å²) in [5, 5.41) is 0.604. The summed E-state index contributed by atoms with van der Waals surface area (Å²) >= 11 is 6.27. The first kappa shape index (κ1) is 11.5. The average Bonchev–Trinajstić information content (AvgIpc) is 2.44. The molecule has 0 amide bonds. The molecule has 2 rings (SSSR count). The van der Waals surface area contributed by atoms with Gasteiger partial charge in [-0.3, -0.25) is 0 Å². The van der Waals surface area contributed by atoms with E-state index in [1.807, 2.05) is 6.20 Å². The molecule has 0 N–H and O–H groups in total. The molecule has 0 aliphatic carbocycles. The summed E-state index contributed by atoms with van der Waals surface area (Å²) in [4.78, 5) is 6.51. The van der Waals surface area contributed by atoms with Gasteiger partial charge >= 0.3 is 0 Å². The summed E-state index contributed by atoms with van der Waals surface area (Å²) < 4.78 is 0. The normalized spacial score (nSPS) is 31.1. The minimum atomic E-state index is 0.430. The molecule has 0 aromatic heterocycles. The van der Waals surface area contributed by atoms with Gasteiger partial charge < -0.3 is 4.90 Å². The lowest BCUT2D eigenvalue weighted by Gasteiger charge is -2.30. The van der Waals surface area contributed by atoms with Crippen LogP contribution in [0.1, 0.15) is 33.1 Å². The van der Waals surface area contributed by atoms with Crippen LogP contribution in [0.2, 0.25) is 0 Å². The number of rotatable bonds is 0. The molecule has 0 radical (unpaired) electrons. The summed E-state index contributed by atoms with van der Waals surface area (Å²) in [6, 6.07) is 0.430. The molecule has 2 aliphatic heterocycles. The first-order chi connectivity index (χ1) is 7.70. The molecule has 0 aromatic carbocycles. The molecule has 2 aliphatic rings. The van der Waals surface area contributed by atoms with Crippen molar-refractivity contribution in [2.75, 3.05) is 0 Å². The minimum Gasteiger partial charge on any atom is -0.343 e. The van der Waals surface area contributed by atoms with Crippen LogP contribution in [0.5, 0.6) is 0 Å². The number of hydrogen-bond donors (Lipinski definition) is 0. The third kappa shape index (κ3) is 2.22. The van der Waals surface area contributed by atoms with E-state index in [4.69, 9.17) is 11.6 Å². The largest absolute Gasteiger partial charge is 0.343 e. The van der Waals surface area contributed by atoms with Crippen molar-refractivity contribution in [2.45, 2.75) is 39.2 Å². The van der Waals surface area contributed by atoms with Crippen LogP contribution in [-0.2, 0) is 0 Å². The number of allylic oxidation sites excluding steroid dienone is 3. The number of aliphatic imine (C=N–C) groups is 1. The minimum absolute atomic E-state index is 0.430. The van der Waals surface area contributed by atoms with E-state index < -0.39 is 0 Å². The Kier molecular flexibility index (Phi) is 3.49. The van der Waals surface area contributed by atoms with Crippen molar-refractivity contribution in [1.29, 1.82) is 0 Å². The molecular formula is C13H17ClN2. The van der Waals surface area contributed by atoms with Crippen molar-refractivity contribution in [1.82, 2.24) is 4.90 Å². The Morgan fingerprint density at radius 2 is 2.25 bits per heavy atom. The Labute approximate surface area is 102 Å². The number of nitrogens with zero attached hydrogens (tertiary/aromatic N) is 2. The predicted molar refractivity (Wildman–Crippen MR) is 69.4 cm³/mol. The molecule has 0 fully saturated rings. The average molecular weight is 237 g/mol. The Morgan fingerprint density at radius 1 is 1.44 bits per heavy atom. The molecule has 0 bridgehead atoms. The fourth-order valence-electron chi connectivity index (χ4n) is 2.10. The SMILES string of the molecule is CC1=C2/C(Cl)=N\C=C\CC(C)N2C=CCC1. The maximum Gasteiger partial charge on any atom is 0.152 e. The fourth-order valence-corrected chi connectivity index (χ4v) is 2.42. The zero-order valence-corrected chi connectivity index (χ0v) is 10.5. The lowest BCUT2D eigenvalue weighted by molar-refractivity contribution is 0.375. The molecule has 1 atom stereocenters. The lowest BCUT2D eigenvalue weighted by atomic mass is 10.1. The fraction of sp³-hybridized carbons (Fsp3) is 0.462. The Balaban J connectivity index is 2.49. The maximum atomic E-state index is 6.27. The quantitative estimate of drug-likeness (QED) is 0.625. The van der Waals surface area contributed by atoms with Crippen LogP contribution in [0.3, 0.4) is 0 Å². The Morgan fingerprint density at radius 3 is 3.06 bits per heavy atom. The summed E-state index contributed by atoms with van der Waals surface area (Å²) in [6.07, 6.45) is 11.4. The van der Waals surface area contributed by atoms with Gasteiger partial charge in [-0.15, -0.1) is 0 Å². The topological polar surface area (TPSA) is 15.6 Å². The van der Waals surface area contributed by atoms with E-state index in [0.717, 1.165) is 25.0 Å². The van der Waals surface area contributed by atoms with E-state index in [0.29, 0.717) is 11.2 Å². The van der Waals surface area contributed by atoms with Crippen LogP contribution in [-0.4, -0.2) is 16.1 Å².